The summed E-state index contributed by atoms with van der Waals surface area (Å²) in [7, 11) is -3.57. The van der Waals surface area contributed by atoms with E-state index in [2.05, 4.69) is 20.0 Å². The molecule has 1 heterocycles. The number of aromatic nitrogens is 2. The van der Waals surface area contributed by atoms with E-state index in [1.54, 1.807) is 0 Å². The standard InChI is InChI=1S/C11H18N4O3S/c1-2-9-13-7-10(15-9)19(17,18)14-6-5-12-11(16)8-3-4-8/h7-8,14H,2-6H2,1H3,(H,12,16)(H,13,15). The van der Waals surface area contributed by atoms with Crippen molar-refractivity contribution in [3.8, 4) is 0 Å². The van der Waals surface area contributed by atoms with Gasteiger partial charge in [-0.15, -0.1) is 0 Å². The smallest absolute Gasteiger partial charge is 0.257 e. The summed E-state index contributed by atoms with van der Waals surface area (Å²) in [6.45, 7) is 2.35. The van der Waals surface area contributed by atoms with Gasteiger partial charge in [-0.1, -0.05) is 6.92 Å². The SMILES string of the molecule is CCc1ncc(S(=O)(=O)NCCNC(=O)C2CC2)[nH]1. The average molecular weight is 286 g/mol. The van der Waals surface area contributed by atoms with Crippen LogP contribution in [0.2, 0.25) is 0 Å². The predicted octanol–water partition coefficient (Wildman–Crippen LogP) is -0.223. The van der Waals surface area contributed by atoms with Crippen LogP contribution in [0.4, 0.5) is 0 Å². The molecule has 1 aromatic rings. The molecule has 0 radical (unpaired) electrons. The third-order valence-corrected chi connectivity index (χ3v) is 4.26. The lowest BCUT2D eigenvalue weighted by Gasteiger charge is -2.06. The van der Waals surface area contributed by atoms with E-state index in [4.69, 9.17) is 0 Å². The maximum Gasteiger partial charge on any atom is 0.257 e. The van der Waals surface area contributed by atoms with E-state index < -0.39 is 10.0 Å². The first-order valence-corrected chi connectivity index (χ1v) is 7.82. The van der Waals surface area contributed by atoms with E-state index in [1.807, 2.05) is 6.92 Å². The molecule has 106 valence electrons. The van der Waals surface area contributed by atoms with Gasteiger partial charge in [-0.2, -0.15) is 0 Å². The number of imidazole rings is 1. The number of aryl methyl sites for hydroxylation is 1. The lowest BCUT2D eigenvalue weighted by atomic mass is 10.4. The minimum Gasteiger partial charge on any atom is -0.355 e. The van der Waals surface area contributed by atoms with Gasteiger partial charge >= 0.3 is 0 Å². The van der Waals surface area contributed by atoms with Gasteiger partial charge in [0.05, 0.1) is 6.20 Å². The molecule has 1 aromatic heterocycles. The minimum atomic E-state index is -3.57. The summed E-state index contributed by atoms with van der Waals surface area (Å²) in [5.74, 6) is 0.771. The first-order valence-electron chi connectivity index (χ1n) is 6.34. The van der Waals surface area contributed by atoms with Crippen LogP contribution in [0.15, 0.2) is 11.2 Å². The van der Waals surface area contributed by atoms with Gasteiger partial charge in [0.25, 0.3) is 10.0 Å². The lowest BCUT2D eigenvalue weighted by Crippen LogP contribution is -2.35. The molecule has 0 atom stereocenters. The van der Waals surface area contributed by atoms with Gasteiger partial charge in [-0.25, -0.2) is 18.1 Å². The summed E-state index contributed by atoms with van der Waals surface area (Å²) in [6, 6.07) is 0. The second kappa shape index (κ2) is 5.70. The molecular formula is C11H18N4O3S. The Morgan fingerprint density at radius 3 is 2.79 bits per heavy atom. The van der Waals surface area contributed by atoms with Crippen LogP contribution in [0.25, 0.3) is 0 Å². The van der Waals surface area contributed by atoms with Crippen molar-refractivity contribution < 1.29 is 13.2 Å². The van der Waals surface area contributed by atoms with Crippen molar-refractivity contribution in [3.05, 3.63) is 12.0 Å². The van der Waals surface area contributed by atoms with E-state index in [9.17, 15) is 13.2 Å². The molecule has 0 aliphatic heterocycles. The molecule has 1 fully saturated rings. The molecule has 0 spiro atoms. The van der Waals surface area contributed by atoms with Crippen molar-refractivity contribution in [2.45, 2.75) is 31.2 Å². The maximum atomic E-state index is 11.9. The third-order valence-electron chi connectivity index (χ3n) is 2.89. The van der Waals surface area contributed by atoms with Crippen LogP contribution < -0.4 is 10.0 Å². The number of nitrogens with one attached hydrogen (secondary N) is 3. The molecule has 7 nitrogen and oxygen atoms in total. The normalized spacial score (nSPS) is 15.4. The topological polar surface area (TPSA) is 104 Å². The summed E-state index contributed by atoms with van der Waals surface area (Å²) >= 11 is 0. The zero-order chi connectivity index (χ0) is 13.9. The number of sulfonamides is 1. The lowest BCUT2D eigenvalue weighted by molar-refractivity contribution is -0.122. The van der Waals surface area contributed by atoms with Crippen LogP contribution in [-0.2, 0) is 21.2 Å². The van der Waals surface area contributed by atoms with Gasteiger partial charge in [0.1, 0.15) is 5.82 Å². The van der Waals surface area contributed by atoms with Gasteiger partial charge in [0.15, 0.2) is 5.03 Å². The van der Waals surface area contributed by atoms with Gasteiger partial charge in [0, 0.05) is 25.4 Å². The fourth-order valence-electron chi connectivity index (χ4n) is 1.60. The zero-order valence-electron chi connectivity index (χ0n) is 10.8. The van der Waals surface area contributed by atoms with E-state index in [0.717, 1.165) is 12.8 Å². The highest BCUT2D eigenvalue weighted by molar-refractivity contribution is 7.89. The van der Waals surface area contributed by atoms with Crippen molar-refractivity contribution in [2.75, 3.05) is 13.1 Å². The highest BCUT2D eigenvalue weighted by atomic mass is 32.2. The number of H-pyrrole nitrogens is 1. The summed E-state index contributed by atoms with van der Waals surface area (Å²) in [6.07, 6.45) is 3.81. The Hall–Kier alpha value is -1.41. The number of nitrogens with zero attached hydrogens (tertiary/aromatic N) is 1. The third kappa shape index (κ3) is 3.77. The van der Waals surface area contributed by atoms with Gasteiger partial charge in [-0.05, 0) is 12.8 Å². The molecule has 1 aliphatic carbocycles. The van der Waals surface area contributed by atoms with Gasteiger partial charge in [-0.3, -0.25) is 4.79 Å². The van der Waals surface area contributed by atoms with Crippen LogP contribution in [0.5, 0.6) is 0 Å². The first kappa shape index (κ1) is 14.0. The number of rotatable bonds is 7. The molecule has 1 saturated carbocycles. The Balaban J connectivity index is 1.78. The molecular weight excluding hydrogens is 268 g/mol. The van der Waals surface area contributed by atoms with Crippen molar-refractivity contribution >= 4 is 15.9 Å². The maximum absolute atomic E-state index is 11.9. The van der Waals surface area contributed by atoms with Gasteiger partial charge in [0.2, 0.25) is 5.91 Å². The van der Waals surface area contributed by atoms with Crippen molar-refractivity contribution in [3.63, 3.8) is 0 Å². The molecule has 1 amide bonds. The Bertz CT molecular complexity index is 548. The van der Waals surface area contributed by atoms with E-state index in [-0.39, 0.29) is 23.4 Å². The molecule has 0 aromatic carbocycles. The quantitative estimate of drug-likeness (QED) is 0.603. The second-order valence-electron chi connectivity index (χ2n) is 4.51. The number of amides is 1. The van der Waals surface area contributed by atoms with Crippen LogP contribution in [0, 0.1) is 5.92 Å². The second-order valence-corrected chi connectivity index (χ2v) is 6.25. The van der Waals surface area contributed by atoms with Crippen molar-refractivity contribution in [1.82, 2.24) is 20.0 Å². The van der Waals surface area contributed by atoms with Crippen molar-refractivity contribution in [1.29, 1.82) is 0 Å². The highest BCUT2D eigenvalue weighted by Crippen LogP contribution is 2.28. The predicted molar refractivity (Wildman–Crippen MR) is 68.9 cm³/mol. The number of carbonyl (C=O) groups excluding carboxylic acids is 1. The highest BCUT2D eigenvalue weighted by Gasteiger charge is 2.29. The van der Waals surface area contributed by atoms with Crippen LogP contribution >= 0.6 is 0 Å². The molecule has 19 heavy (non-hydrogen) atoms. The largest absolute Gasteiger partial charge is 0.355 e. The molecule has 3 N–H and O–H groups in total. The number of carbonyl (C=O) groups is 1. The summed E-state index contributed by atoms with van der Waals surface area (Å²) in [5, 5.41) is 2.75. The van der Waals surface area contributed by atoms with E-state index >= 15 is 0 Å². The Kier molecular flexibility index (Phi) is 4.20. The zero-order valence-corrected chi connectivity index (χ0v) is 11.6. The monoisotopic (exact) mass is 286 g/mol. The Morgan fingerprint density at radius 2 is 2.21 bits per heavy atom. The van der Waals surface area contributed by atoms with Crippen LogP contribution in [0.1, 0.15) is 25.6 Å². The van der Waals surface area contributed by atoms with E-state index in [0.29, 0.717) is 18.8 Å². The van der Waals surface area contributed by atoms with Crippen LogP contribution in [0.3, 0.4) is 0 Å². The van der Waals surface area contributed by atoms with Crippen LogP contribution in [-0.4, -0.2) is 37.4 Å². The van der Waals surface area contributed by atoms with Crippen molar-refractivity contribution in [2.24, 2.45) is 5.92 Å². The van der Waals surface area contributed by atoms with Gasteiger partial charge < -0.3 is 10.3 Å². The summed E-state index contributed by atoms with van der Waals surface area (Å²) in [5.41, 5.74) is 0. The number of hydrogen-bond donors (Lipinski definition) is 3. The number of aromatic amines is 1. The molecule has 0 unspecified atom stereocenters. The summed E-state index contributed by atoms with van der Waals surface area (Å²) < 4.78 is 26.1. The Morgan fingerprint density at radius 1 is 1.47 bits per heavy atom. The minimum absolute atomic E-state index is 0.00834. The fraction of sp³-hybridized carbons (Fsp3) is 0.636. The molecule has 8 heteroatoms. The number of hydrogen-bond acceptors (Lipinski definition) is 4. The molecule has 0 saturated heterocycles. The molecule has 0 bridgehead atoms. The molecule has 2 rings (SSSR count). The fourth-order valence-corrected chi connectivity index (χ4v) is 2.57. The van der Waals surface area contributed by atoms with E-state index in [1.165, 1.54) is 6.20 Å². The summed E-state index contributed by atoms with van der Waals surface area (Å²) in [4.78, 5) is 18.0. The average Bonchev–Trinajstić information content (AvgIpc) is 3.11. The molecule has 1 aliphatic rings. The Labute approximate surface area is 112 Å². The first-order chi connectivity index (χ1) is 9.03.